The van der Waals surface area contributed by atoms with Crippen molar-refractivity contribution in [2.75, 3.05) is 13.1 Å². The van der Waals surface area contributed by atoms with Gasteiger partial charge in [-0.1, -0.05) is 30.3 Å². The van der Waals surface area contributed by atoms with E-state index in [2.05, 4.69) is 16.0 Å². The van der Waals surface area contributed by atoms with Crippen LogP contribution in [-0.2, 0) is 9.59 Å². The van der Waals surface area contributed by atoms with Crippen molar-refractivity contribution >= 4 is 34.5 Å². The molecule has 2 aliphatic rings. The van der Waals surface area contributed by atoms with Gasteiger partial charge >= 0.3 is 6.03 Å². The lowest BCUT2D eigenvalue weighted by molar-refractivity contribution is -0.126. The van der Waals surface area contributed by atoms with E-state index in [1.54, 1.807) is 29.2 Å². The Morgan fingerprint density at radius 1 is 1.10 bits per heavy atom. The highest BCUT2D eigenvalue weighted by Gasteiger charge is 2.32. The average molecular weight is 426 g/mol. The Hall–Kier alpha value is -3.49. The third-order valence-corrected chi connectivity index (χ3v) is 5.72. The maximum absolute atomic E-state index is 14.9. The van der Waals surface area contributed by atoms with Crippen molar-refractivity contribution in [3.05, 3.63) is 47.8 Å². The van der Waals surface area contributed by atoms with Crippen LogP contribution in [-0.4, -0.2) is 53.8 Å². The van der Waals surface area contributed by atoms with E-state index in [4.69, 9.17) is 0 Å². The molecule has 4 rings (SSSR count). The molecule has 0 saturated carbocycles. The van der Waals surface area contributed by atoms with Gasteiger partial charge in [-0.25, -0.2) is 9.18 Å². The van der Waals surface area contributed by atoms with Crippen molar-refractivity contribution in [3.8, 4) is 0 Å². The largest absolute Gasteiger partial charge is 0.353 e. The van der Waals surface area contributed by atoms with Crippen molar-refractivity contribution in [1.82, 2.24) is 20.9 Å². The predicted octanol–water partition coefficient (Wildman–Crippen LogP) is 1.69. The molecule has 31 heavy (non-hydrogen) atoms. The molecule has 5 amide bonds. The van der Waals surface area contributed by atoms with Gasteiger partial charge in [-0.3, -0.25) is 19.7 Å². The number of carbonyl (C=O) groups is 4. The van der Waals surface area contributed by atoms with Crippen molar-refractivity contribution in [2.24, 2.45) is 0 Å². The first-order valence-corrected chi connectivity index (χ1v) is 10.3. The average Bonchev–Trinajstić information content (AvgIpc) is 2.92. The number of hydrogen-bond acceptors (Lipinski definition) is 4. The number of hydrogen-bond donors (Lipinski definition) is 3. The number of nitrogens with zero attached hydrogens (tertiary/aromatic N) is 1. The van der Waals surface area contributed by atoms with Crippen LogP contribution in [0.3, 0.4) is 0 Å². The SMILES string of the molecule is O=C(CC1NC(=O)NC1=O)NC1CCCN(C(=O)c2ccc3ccccc3c2F)CC1. The summed E-state index contributed by atoms with van der Waals surface area (Å²) in [5, 5.41) is 8.51. The zero-order valence-corrected chi connectivity index (χ0v) is 16.8. The van der Waals surface area contributed by atoms with Crippen LogP contribution in [0.25, 0.3) is 10.8 Å². The number of imide groups is 1. The summed E-state index contributed by atoms with van der Waals surface area (Å²) in [6.45, 7) is 0.856. The van der Waals surface area contributed by atoms with Crippen molar-refractivity contribution < 1.29 is 23.6 Å². The Labute approximate surface area is 178 Å². The number of benzene rings is 2. The van der Waals surface area contributed by atoms with Crippen molar-refractivity contribution in [1.29, 1.82) is 0 Å². The molecule has 3 N–H and O–H groups in total. The third-order valence-electron chi connectivity index (χ3n) is 5.72. The second kappa shape index (κ2) is 8.71. The zero-order chi connectivity index (χ0) is 22.0. The van der Waals surface area contributed by atoms with Crippen LogP contribution >= 0.6 is 0 Å². The molecule has 2 heterocycles. The highest BCUT2D eigenvalue weighted by atomic mass is 19.1. The van der Waals surface area contributed by atoms with Gasteiger partial charge in [0.15, 0.2) is 0 Å². The van der Waals surface area contributed by atoms with Gasteiger partial charge in [0, 0.05) is 24.5 Å². The normalized spacial score (nSPS) is 21.4. The number of halogens is 1. The molecule has 0 bridgehead atoms. The van der Waals surface area contributed by atoms with E-state index in [9.17, 15) is 23.6 Å². The summed E-state index contributed by atoms with van der Waals surface area (Å²) >= 11 is 0. The zero-order valence-electron chi connectivity index (χ0n) is 16.8. The van der Waals surface area contributed by atoms with Gasteiger partial charge < -0.3 is 15.5 Å². The fourth-order valence-electron chi connectivity index (χ4n) is 4.09. The van der Waals surface area contributed by atoms with Crippen LogP contribution in [0.15, 0.2) is 36.4 Å². The summed E-state index contributed by atoms with van der Waals surface area (Å²) in [4.78, 5) is 49.6. The number of likely N-dealkylation sites (tertiary alicyclic amines) is 1. The molecule has 2 fully saturated rings. The molecule has 8 nitrogen and oxygen atoms in total. The maximum Gasteiger partial charge on any atom is 0.322 e. The Bertz CT molecular complexity index is 1060. The topological polar surface area (TPSA) is 108 Å². The van der Waals surface area contributed by atoms with Crippen molar-refractivity contribution in [2.45, 2.75) is 37.8 Å². The molecule has 0 spiro atoms. The summed E-state index contributed by atoms with van der Waals surface area (Å²) in [5.41, 5.74) is 0.0455. The minimum absolute atomic E-state index is 0.0455. The molecule has 2 aliphatic heterocycles. The molecule has 9 heteroatoms. The van der Waals surface area contributed by atoms with Gasteiger partial charge in [0.25, 0.3) is 11.8 Å². The molecule has 0 radical (unpaired) electrons. The molecular formula is C22H23FN4O4. The fourth-order valence-corrected chi connectivity index (χ4v) is 4.09. The highest BCUT2D eigenvalue weighted by Crippen LogP contribution is 2.23. The highest BCUT2D eigenvalue weighted by molar-refractivity contribution is 6.05. The second-order valence-electron chi connectivity index (χ2n) is 7.86. The molecule has 2 saturated heterocycles. The van der Waals surface area contributed by atoms with Gasteiger partial charge in [0.1, 0.15) is 11.9 Å². The first kappa shape index (κ1) is 20.8. The summed E-state index contributed by atoms with van der Waals surface area (Å²) in [6, 6.07) is 8.63. The van der Waals surface area contributed by atoms with Gasteiger partial charge in [-0.05, 0) is 30.7 Å². The number of carbonyl (C=O) groups excluding carboxylic acids is 4. The van der Waals surface area contributed by atoms with E-state index in [1.807, 2.05) is 6.07 Å². The monoisotopic (exact) mass is 426 g/mol. The third kappa shape index (κ3) is 4.50. The summed E-state index contributed by atoms with van der Waals surface area (Å²) in [6.07, 6.45) is 1.71. The van der Waals surface area contributed by atoms with Crippen LogP contribution < -0.4 is 16.0 Å². The molecule has 0 aromatic heterocycles. The number of nitrogens with one attached hydrogen (secondary N) is 3. The number of fused-ring (bicyclic) bond motifs is 1. The molecule has 2 atom stereocenters. The second-order valence-corrected chi connectivity index (χ2v) is 7.86. The van der Waals surface area contributed by atoms with Gasteiger partial charge in [-0.2, -0.15) is 0 Å². The smallest absolute Gasteiger partial charge is 0.322 e. The minimum atomic E-state index is -0.868. The Morgan fingerprint density at radius 3 is 2.68 bits per heavy atom. The first-order valence-electron chi connectivity index (χ1n) is 10.3. The molecule has 2 aromatic carbocycles. The van der Waals surface area contributed by atoms with E-state index in [0.29, 0.717) is 37.7 Å². The van der Waals surface area contributed by atoms with Crippen LogP contribution in [0.4, 0.5) is 9.18 Å². The number of amides is 5. The van der Waals surface area contributed by atoms with Crippen molar-refractivity contribution in [3.63, 3.8) is 0 Å². The summed E-state index contributed by atoms with van der Waals surface area (Å²) in [5.74, 6) is -1.74. The number of rotatable bonds is 4. The van der Waals surface area contributed by atoms with E-state index in [1.165, 1.54) is 6.07 Å². The lowest BCUT2D eigenvalue weighted by Crippen LogP contribution is -2.41. The summed E-state index contributed by atoms with van der Waals surface area (Å²) in [7, 11) is 0. The molecule has 162 valence electrons. The quantitative estimate of drug-likeness (QED) is 0.647. The van der Waals surface area contributed by atoms with E-state index in [-0.39, 0.29) is 29.8 Å². The standard InChI is InChI=1S/C22H23FN4O4/c23-19-15-6-2-1-4-13(15)7-8-16(19)21(30)27-10-3-5-14(9-11-27)24-18(28)12-17-20(29)26-22(31)25-17/h1-2,4,6-8,14,17H,3,5,9-12H2,(H,24,28)(H2,25,26,29,31). The Balaban J connectivity index is 1.36. The van der Waals surface area contributed by atoms with E-state index < -0.39 is 23.8 Å². The van der Waals surface area contributed by atoms with Crippen LogP contribution in [0.1, 0.15) is 36.0 Å². The van der Waals surface area contributed by atoms with E-state index >= 15 is 0 Å². The van der Waals surface area contributed by atoms with E-state index in [0.717, 1.165) is 5.39 Å². The molecular weight excluding hydrogens is 403 g/mol. The summed E-state index contributed by atoms with van der Waals surface area (Å²) < 4.78 is 14.9. The van der Waals surface area contributed by atoms with Crippen LogP contribution in [0, 0.1) is 5.82 Å². The first-order chi connectivity index (χ1) is 14.9. The number of urea groups is 1. The maximum atomic E-state index is 14.9. The minimum Gasteiger partial charge on any atom is -0.353 e. The Morgan fingerprint density at radius 2 is 1.90 bits per heavy atom. The molecule has 0 aliphatic carbocycles. The Kier molecular flexibility index (Phi) is 5.83. The van der Waals surface area contributed by atoms with Crippen LogP contribution in [0.2, 0.25) is 0 Å². The fraction of sp³-hybridized carbons (Fsp3) is 0.364. The van der Waals surface area contributed by atoms with Gasteiger partial charge in [0.2, 0.25) is 5.91 Å². The predicted molar refractivity (Wildman–Crippen MR) is 111 cm³/mol. The molecule has 2 unspecified atom stereocenters. The van der Waals surface area contributed by atoms with Gasteiger partial charge in [0.05, 0.1) is 12.0 Å². The molecule has 2 aromatic rings. The van der Waals surface area contributed by atoms with Crippen LogP contribution in [0.5, 0.6) is 0 Å². The van der Waals surface area contributed by atoms with Gasteiger partial charge in [-0.15, -0.1) is 0 Å². The lowest BCUT2D eigenvalue weighted by atomic mass is 10.0. The lowest BCUT2D eigenvalue weighted by Gasteiger charge is -2.21.